The SMILES string of the molecule is CC/C=C\C/C=C\C/C=C\C/C=C\CCCCCCCCCOCC(COC(=O)CCCCCCC/C=C\C/C=C\C/C=C\CC)OC(=O)CCCCCCC/C=C\C/C=C\C/C=C\CC. The van der Waals surface area contributed by atoms with E-state index in [0.29, 0.717) is 19.4 Å². The van der Waals surface area contributed by atoms with Crippen molar-refractivity contribution < 1.29 is 23.8 Å². The number of ether oxygens (including phenoxy) is 3. The van der Waals surface area contributed by atoms with Crippen molar-refractivity contribution in [2.75, 3.05) is 19.8 Å². The first-order valence-corrected chi connectivity index (χ1v) is 27.1. The van der Waals surface area contributed by atoms with Gasteiger partial charge < -0.3 is 14.2 Å². The standard InChI is InChI=1S/C61H100O5/c1-4-7-10-13-16-19-22-25-28-29-30-31-32-35-38-41-44-47-50-53-56-64-57-59(66-61(63)55-52-49-46-43-40-37-34-27-24-21-18-15-12-9-6-3)58-65-60(62)54-51-48-45-42-39-36-33-26-23-20-17-14-11-8-5-2/h7-12,16-21,25-28,30-31,33-34,59H,4-6,13-15,22-24,29,32,35-58H2,1-3H3/b10-7-,11-8-,12-9-,19-16-,20-17-,21-18-,28-25-,31-30-,33-26-,34-27-. The molecule has 374 valence electrons. The quantitative estimate of drug-likeness (QED) is 0.0346. The van der Waals surface area contributed by atoms with E-state index in [0.717, 1.165) is 135 Å². The maximum absolute atomic E-state index is 12.8. The monoisotopic (exact) mass is 913 g/mol. The minimum atomic E-state index is -0.567. The van der Waals surface area contributed by atoms with Gasteiger partial charge in [0.05, 0.1) is 6.61 Å². The zero-order valence-electron chi connectivity index (χ0n) is 42.9. The van der Waals surface area contributed by atoms with Crippen LogP contribution in [-0.4, -0.2) is 37.9 Å². The fraction of sp³-hybridized carbons (Fsp3) is 0.639. The Morgan fingerprint density at radius 1 is 0.333 bits per heavy atom. The second-order valence-corrected chi connectivity index (χ2v) is 17.3. The Bertz CT molecular complexity index is 1350. The molecule has 0 fully saturated rings. The lowest BCUT2D eigenvalue weighted by Gasteiger charge is -2.18. The van der Waals surface area contributed by atoms with E-state index in [-0.39, 0.29) is 25.2 Å². The third-order valence-electron chi connectivity index (χ3n) is 11.0. The van der Waals surface area contributed by atoms with E-state index in [2.05, 4.69) is 142 Å². The van der Waals surface area contributed by atoms with Crippen molar-refractivity contribution in [1.82, 2.24) is 0 Å². The van der Waals surface area contributed by atoms with Gasteiger partial charge in [-0.15, -0.1) is 0 Å². The van der Waals surface area contributed by atoms with Crippen molar-refractivity contribution in [3.63, 3.8) is 0 Å². The highest BCUT2D eigenvalue weighted by molar-refractivity contribution is 5.70. The number of hydrogen-bond donors (Lipinski definition) is 0. The highest BCUT2D eigenvalue weighted by Gasteiger charge is 2.17. The molecule has 0 aliphatic rings. The molecule has 0 aliphatic carbocycles. The molecule has 1 atom stereocenters. The molecule has 0 saturated carbocycles. The number of allylic oxidation sites excluding steroid dienone is 20. The Hall–Kier alpha value is -3.70. The highest BCUT2D eigenvalue weighted by atomic mass is 16.6. The summed E-state index contributed by atoms with van der Waals surface area (Å²) in [7, 11) is 0. The summed E-state index contributed by atoms with van der Waals surface area (Å²) in [6.45, 7) is 7.42. The number of carbonyl (C=O) groups is 2. The second kappa shape index (κ2) is 55.6. The van der Waals surface area contributed by atoms with Crippen LogP contribution in [0.1, 0.15) is 226 Å². The molecule has 0 amide bonds. The predicted molar refractivity (Wildman–Crippen MR) is 288 cm³/mol. The van der Waals surface area contributed by atoms with E-state index in [4.69, 9.17) is 14.2 Å². The van der Waals surface area contributed by atoms with Gasteiger partial charge in [-0.05, 0) is 122 Å². The Morgan fingerprint density at radius 3 is 1.02 bits per heavy atom. The molecule has 0 N–H and O–H groups in total. The van der Waals surface area contributed by atoms with Crippen molar-refractivity contribution in [2.24, 2.45) is 0 Å². The minimum Gasteiger partial charge on any atom is -0.462 e. The van der Waals surface area contributed by atoms with Crippen LogP contribution in [0.5, 0.6) is 0 Å². The van der Waals surface area contributed by atoms with Crippen LogP contribution < -0.4 is 0 Å². The van der Waals surface area contributed by atoms with Crippen LogP contribution in [0.25, 0.3) is 0 Å². The van der Waals surface area contributed by atoms with Crippen LogP contribution in [0.4, 0.5) is 0 Å². The van der Waals surface area contributed by atoms with E-state index in [1.807, 2.05) is 0 Å². The van der Waals surface area contributed by atoms with Gasteiger partial charge in [-0.1, -0.05) is 213 Å². The lowest BCUT2D eigenvalue weighted by Crippen LogP contribution is -2.30. The van der Waals surface area contributed by atoms with Gasteiger partial charge >= 0.3 is 11.9 Å². The molecule has 0 heterocycles. The number of hydrogen-bond acceptors (Lipinski definition) is 5. The van der Waals surface area contributed by atoms with Crippen LogP contribution in [0, 0.1) is 0 Å². The topological polar surface area (TPSA) is 61.8 Å². The fourth-order valence-electron chi connectivity index (χ4n) is 7.06. The normalized spacial score (nSPS) is 13.2. The van der Waals surface area contributed by atoms with Gasteiger partial charge in [-0.25, -0.2) is 0 Å². The first kappa shape index (κ1) is 62.3. The summed E-state index contributed by atoms with van der Waals surface area (Å²) < 4.78 is 17.4. The van der Waals surface area contributed by atoms with E-state index in [9.17, 15) is 9.59 Å². The maximum Gasteiger partial charge on any atom is 0.306 e. The smallest absolute Gasteiger partial charge is 0.306 e. The summed E-state index contributed by atoms with van der Waals surface area (Å²) in [6.07, 6.45) is 77.8. The molecule has 5 heteroatoms. The van der Waals surface area contributed by atoms with Crippen molar-refractivity contribution in [3.05, 3.63) is 122 Å². The van der Waals surface area contributed by atoms with Crippen molar-refractivity contribution in [2.45, 2.75) is 232 Å². The molecular weight excluding hydrogens is 813 g/mol. The first-order valence-electron chi connectivity index (χ1n) is 27.1. The molecule has 0 spiro atoms. The van der Waals surface area contributed by atoms with Gasteiger partial charge in [0.25, 0.3) is 0 Å². The Morgan fingerprint density at radius 2 is 0.636 bits per heavy atom. The molecule has 0 aromatic carbocycles. The molecule has 5 nitrogen and oxygen atoms in total. The molecular formula is C61H100O5. The lowest BCUT2D eigenvalue weighted by molar-refractivity contribution is -0.163. The Kier molecular flexibility index (Phi) is 52.5. The predicted octanol–water partition coefficient (Wildman–Crippen LogP) is 18.6. The van der Waals surface area contributed by atoms with E-state index in [1.54, 1.807) is 0 Å². The van der Waals surface area contributed by atoms with Crippen molar-refractivity contribution >= 4 is 11.9 Å². The lowest BCUT2D eigenvalue weighted by atomic mass is 10.1. The van der Waals surface area contributed by atoms with Crippen LogP contribution in [-0.2, 0) is 23.8 Å². The highest BCUT2D eigenvalue weighted by Crippen LogP contribution is 2.13. The molecule has 0 saturated heterocycles. The zero-order valence-corrected chi connectivity index (χ0v) is 42.9. The summed E-state index contributed by atoms with van der Waals surface area (Å²) in [5.41, 5.74) is 0. The number of unbranched alkanes of at least 4 members (excludes halogenated alkanes) is 17. The van der Waals surface area contributed by atoms with E-state index < -0.39 is 6.10 Å². The van der Waals surface area contributed by atoms with Crippen LogP contribution in [0.3, 0.4) is 0 Å². The van der Waals surface area contributed by atoms with Gasteiger partial charge in [0, 0.05) is 19.4 Å². The molecule has 66 heavy (non-hydrogen) atoms. The summed E-state index contributed by atoms with van der Waals surface area (Å²) in [5, 5.41) is 0. The van der Waals surface area contributed by atoms with E-state index >= 15 is 0 Å². The largest absolute Gasteiger partial charge is 0.462 e. The molecule has 0 aliphatic heterocycles. The van der Waals surface area contributed by atoms with Crippen molar-refractivity contribution in [1.29, 1.82) is 0 Å². The summed E-state index contributed by atoms with van der Waals surface area (Å²) in [4.78, 5) is 25.5. The van der Waals surface area contributed by atoms with Crippen LogP contribution in [0.2, 0.25) is 0 Å². The van der Waals surface area contributed by atoms with Gasteiger partial charge in [-0.3, -0.25) is 9.59 Å². The Labute approximate surface area is 407 Å². The average molecular weight is 913 g/mol. The average Bonchev–Trinajstić information content (AvgIpc) is 3.32. The minimum absolute atomic E-state index is 0.0572. The summed E-state index contributed by atoms with van der Waals surface area (Å²) in [5.74, 6) is -0.448. The second-order valence-electron chi connectivity index (χ2n) is 17.3. The molecule has 0 rings (SSSR count). The van der Waals surface area contributed by atoms with Gasteiger partial charge in [0.1, 0.15) is 6.61 Å². The summed E-state index contributed by atoms with van der Waals surface area (Å²) >= 11 is 0. The van der Waals surface area contributed by atoms with Crippen LogP contribution >= 0.6 is 0 Å². The third kappa shape index (κ3) is 52.9. The van der Waals surface area contributed by atoms with Crippen molar-refractivity contribution in [3.8, 4) is 0 Å². The zero-order chi connectivity index (χ0) is 47.7. The number of esters is 2. The molecule has 0 radical (unpaired) electrons. The maximum atomic E-state index is 12.8. The molecule has 0 aromatic rings. The number of carbonyl (C=O) groups excluding carboxylic acids is 2. The Balaban J connectivity index is 4.36. The third-order valence-corrected chi connectivity index (χ3v) is 11.0. The van der Waals surface area contributed by atoms with Crippen LogP contribution in [0.15, 0.2) is 122 Å². The van der Waals surface area contributed by atoms with Gasteiger partial charge in [-0.2, -0.15) is 0 Å². The molecule has 1 unspecified atom stereocenters. The fourth-order valence-corrected chi connectivity index (χ4v) is 7.06. The molecule has 0 bridgehead atoms. The first-order chi connectivity index (χ1) is 32.6. The van der Waals surface area contributed by atoms with Gasteiger partial charge in [0.15, 0.2) is 6.10 Å². The summed E-state index contributed by atoms with van der Waals surface area (Å²) in [6, 6.07) is 0. The van der Waals surface area contributed by atoms with Gasteiger partial charge in [0.2, 0.25) is 0 Å². The number of rotatable bonds is 48. The van der Waals surface area contributed by atoms with E-state index in [1.165, 1.54) is 57.8 Å². The molecule has 0 aromatic heterocycles.